The Labute approximate surface area is 233 Å². The van der Waals surface area contributed by atoms with Crippen molar-refractivity contribution in [1.82, 2.24) is 15.2 Å². The first-order valence-electron chi connectivity index (χ1n) is 14.4. The fourth-order valence-electron chi connectivity index (χ4n) is 6.66. The molecule has 39 heavy (non-hydrogen) atoms. The number of nitrogens with one attached hydrogen (secondary N) is 1. The molecule has 7 heteroatoms. The zero-order chi connectivity index (χ0) is 28.3. The maximum atomic E-state index is 14.2. The van der Waals surface area contributed by atoms with Crippen LogP contribution in [0.15, 0.2) is 42.6 Å². The molecule has 1 aliphatic heterocycles. The number of likely N-dealkylation sites (tertiary alicyclic amines) is 1. The van der Waals surface area contributed by atoms with Gasteiger partial charge < -0.3 is 20.1 Å². The Kier molecular flexibility index (Phi) is 9.00. The second kappa shape index (κ2) is 12.1. The fourth-order valence-corrected chi connectivity index (χ4v) is 6.66. The van der Waals surface area contributed by atoms with Gasteiger partial charge in [0.25, 0.3) is 0 Å². The third kappa shape index (κ3) is 6.13. The molecule has 0 bridgehead atoms. The van der Waals surface area contributed by atoms with Crippen LogP contribution in [0.3, 0.4) is 0 Å². The Hall–Kier alpha value is -2.93. The van der Waals surface area contributed by atoms with Crippen LogP contribution >= 0.6 is 0 Å². The number of ether oxygens (including phenoxy) is 1. The van der Waals surface area contributed by atoms with Crippen LogP contribution in [0.25, 0.3) is 0 Å². The molecule has 1 amide bonds. The van der Waals surface area contributed by atoms with Crippen LogP contribution in [0, 0.1) is 17.3 Å². The first kappa shape index (κ1) is 29.1. The fraction of sp³-hybridized carbons (Fsp3) is 0.594. The normalized spacial score (nSPS) is 24.2. The van der Waals surface area contributed by atoms with Crippen LogP contribution in [0.1, 0.15) is 95.4 Å². The predicted molar refractivity (Wildman–Crippen MR) is 152 cm³/mol. The number of carboxylic acid groups (broad SMARTS) is 1. The third-order valence-corrected chi connectivity index (χ3v) is 8.60. The molecule has 2 aromatic rings. The van der Waals surface area contributed by atoms with Crippen molar-refractivity contribution < 1.29 is 19.4 Å². The van der Waals surface area contributed by atoms with Crippen LogP contribution in [-0.2, 0) is 16.1 Å². The summed E-state index contributed by atoms with van der Waals surface area (Å²) in [7, 11) is 1.62. The number of pyridine rings is 1. The lowest BCUT2D eigenvalue weighted by atomic mass is 9.72. The van der Waals surface area contributed by atoms with Gasteiger partial charge in [0, 0.05) is 36.2 Å². The molecule has 1 aliphatic carbocycles. The second-order valence-electron chi connectivity index (χ2n) is 12.6. The molecular weight excluding hydrogens is 490 g/mol. The van der Waals surface area contributed by atoms with Gasteiger partial charge in [-0.3, -0.25) is 4.79 Å². The van der Waals surface area contributed by atoms with Gasteiger partial charge in [-0.25, -0.2) is 9.78 Å². The van der Waals surface area contributed by atoms with E-state index in [0.717, 1.165) is 48.8 Å². The van der Waals surface area contributed by atoms with Gasteiger partial charge >= 0.3 is 5.97 Å². The minimum absolute atomic E-state index is 0.0180. The third-order valence-electron chi connectivity index (χ3n) is 8.60. The van der Waals surface area contributed by atoms with E-state index in [1.165, 1.54) is 0 Å². The number of rotatable bonds is 8. The topological polar surface area (TPSA) is 91.8 Å². The maximum Gasteiger partial charge on any atom is 0.326 e. The van der Waals surface area contributed by atoms with Crippen molar-refractivity contribution in [2.24, 2.45) is 17.3 Å². The van der Waals surface area contributed by atoms with Gasteiger partial charge in [-0.1, -0.05) is 84.2 Å². The number of hydrogen-bond donors (Lipinski definition) is 2. The van der Waals surface area contributed by atoms with Crippen LogP contribution < -0.4 is 10.1 Å². The summed E-state index contributed by atoms with van der Waals surface area (Å²) in [6.45, 7) is 11.0. The van der Waals surface area contributed by atoms with Crippen LogP contribution in [0.2, 0.25) is 0 Å². The summed E-state index contributed by atoms with van der Waals surface area (Å²) >= 11 is 0. The van der Waals surface area contributed by atoms with Crippen molar-refractivity contribution in [2.75, 3.05) is 7.11 Å². The highest BCUT2D eigenvalue weighted by Crippen LogP contribution is 2.49. The molecule has 4 atom stereocenters. The Bertz CT molecular complexity index is 1140. The van der Waals surface area contributed by atoms with Gasteiger partial charge in [0.1, 0.15) is 6.04 Å². The summed E-state index contributed by atoms with van der Waals surface area (Å²) in [5.41, 5.74) is 2.62. The number of carboxylic acids is 1. The summed E-state index contributed by atoms with van der Waals surface area (Å²) in [4.78, 5) is 33.5. The number of aromatic nitrogens is 1. The van der Waals surface area contributed by atoms with Gasteiger partial charge in [0.15, 0.2) is 0 Å². The maximum absolute atomic E-state index is 14.2. The number of carbonyl (C=O) groups is 2. The summed E-state index contributed by atoms with van der Waals surface area (Å²) in [6, 6.07) is 10.4. The number of aliphatic carboxylic acids is 1. The first-order chi connectivity index (χ1) is 18.5. The van der Waals surface area contributed by atoms with Gasteiger partial charge in [-0.15, -0.1) is 0 Å². The Morgan fingerprint density at radius 1 is 1.13 bits per heavy atom. The molecule has 2 aliphatic rings. The second-order valence-corrected chi connectivity index (χ2v) is 12.6. The molecular formula is C32H45N3O4. The Balaban J connectivity index is 1.80. The van der Waals surface area contributed by atoms with E-state index in [9.17, 15) is 14.7 Å². The molecule has 1 aromatic carbocycles. The predicted octanol–water partition coefficient (Wildman–Crippen LogP) is 5.95. The highest BCUT2D eigenvalue weighted by atomic mass is 16.5. The smallest absolute Gasteiger partial charge is 0.326 e. The number of benzene rings is 1. The van der Waals surface area contributed by atoms with E-state index in [1.807, 2.05) is 36.5 Å². The SMILES string of the molecule is COc1ncc(C(C)C)cc1CN[C@H]1[C@H](C(C)(C)C)[C@@H](C(=O)O)N(C(=O)C2CCCCC2)[C@H]1c1ccccc1. The van der Waals surface area contributed by atoms with Crippen molar-refractivity contribution >= 4 is 11.9 Å². The number of amides is 1. The minimum Gasteiger partial charge on any atom is -0.481 e. The zero-order valence-corrected chi connectivity index (χ0v) is 24.3. The molecule has 7 nitrogen and oxygen atoms in total. The van der Waals surface area contributed by atoms with Crippen molar-refractivity contribution in [3.8, 4) is 5.88 Å². The van der Waals surface area contributed by atoms with E-state index in [0.29, 0.717) is 18.3 Å². The largest absolute Gasteiger partial charge is 0.481 e. The van der Waals surface area contributed by atoms with Crippen molar-refractivity contribution in [3.05, 3.63) is 59.3 Å². The van der Waals surface area contributed by atoms with Gasteiger partial charge in [-0.2, -0.15) is 0 Å². The number of hydrogen-bond acceptors (Lipinski definition) is 5. The van der Waals surface area contributed by atoms with E-state index in [4.69, 9.17) is 4.74 Å². The van der Waals surface area contributed by atoms with Crippen LogP contribution in [0.4, 0.5) is 0 Å². The van der Waals surface area contributed by atoms with E-state index in [1.54, 1.807) is 12.0 Å². The molecule has 1 aromatic heterocycles. The standard InChI is InChI=1S/C32H45N3O4/c1-20(2)23-17-24(29(39-6)34-18-23)19-33-26-25(32(3,4)5)28(31(37)38)35(27(26)21-13-9-7-10-14-21)30(36)22-15-11-8-12-16-22/h7,9-10,13-14,17-18,20,22,25-28,33H,8,11-12,15-16,19H2,1-6H3,(H,37,38)/t25-,26-,27-,28-/m0/s1. The number of nitrogens with zero attached hydrogens (tertiary/aromatic N) is 2. The van der Waals surface area contributed by atoms with E-state index >= 15 is 0 Å². The number of carbonyl (C=O) groups excluding carboxylic acids is 1. The van der Waals surface area contributed by atoms with E-state index in [-0.39, 0.29) is 29.2 Å². The molecule has 2 fully saturated rings. The molecule has 0 spiro atoms. The highest BCUT2D eigenvalue weighted by molar-refractivity contribution is 5.87. The van der Waals surface area contributed by atoms with Crippen LogP contribution in [0.5, 0.6) is 5.88 Å². The van der Waals surface area contributed by atoms with Crippen molar-refractivity contribution in [1.29, 1.82) is 0 Å². The van der Waals surface area contributed by atoms with Gasteiger partial charge in [0.05, 0.1) is 13.2 Å². The van der Waals surface area contributed by atoms with E-state index < -0.39 is 18.1 Å². The first-order valence-corrected chi connectivity index (χ1v) is 14.4. The summed E-state index contributed by atoms with van der Waals surface area (Å²) in [6.07, 6.45) is 6.66. The molecule has 4 rings (SSSR count). The molecule has 0 unspecified atom stereocenters. The van der Waals surface area contributed by atoms with Crippen LogP contribution in [-0.4, -0.2) is 46.1 Å². The summed E-state index contributed by atoms with van der Waals surface area (Å²) < 4.78 is 5.59. The molecule has 2 heterocycles. The lowest BCUT2D eigenvalue weighted by Gasteiger charge is -2.36. The van der Waals surface area contributed by atoms with E-state index in [2.05, 4.69) is 51.0 Å². The van der Waals surface area contributed by atoms with Crippen molar-refractivity contribution in [3.63, 3.8) is 0 Å². The summed E-state index contributed by atoms with van der Waals surface area (Å²) in [5.74, 6) is -0.537. The van der Waals surface area contributed by atoms with Crippen molar-refractivity contribution in [2.45, 2.75) is 97.3 Å². The molecule has 1 saturated carbocycles. The molecule has 212 valence electrons. The average Bonchev–Trinajstić information content (AvgIpc) is 3.28. The minimum atomic E-state index is -0.939. The molecule has 1 saturated heterocycles. The lowest BCUT2D eigenvalue weighted by molar-refractivity contribution is -0.154. The lowest BCUT2D eigenvalue weighted by Crippen LogP contribution is -2.49. The average molecular weight is 536 g/mol. The Morgan fingerprint density at radius 2 is 1.79 bits per heavy atom. The Morgan fingerprint density at radius 3 is 2.36 bits per heavy atom. The molecule has 2 N–H and O–H groups in total. The molecule has 0 radical (unpaired) electrons. The zero-order valence-electron chi connectivity index (χ0n) is 24.3. The number of methoxy groups -OCH3 is 1. The highest BCUT2D eigenvalue weighted by Gasteiger charge is 2.58. The quantitative estimate of drug-likeness (QED) is 0.434. The summed E-state index contributed by atoms with van der Waals surface area (Å²) in [5, 5.41) is 14.4. The monoisotopic (exact) mass is 535 g/mol. The van der Waals surface area contributed by atoms with Gasteiger partial charge in [0.2, 0.25) is 11.8 Å². The van der Waals surface area contributed by atoms with Gasteiger partial charge in [-0.05, 0) is 41.4 Å².